The number of aryl methyl sites for hydroxylation is 1. The number of hydrogen-bond acceptors (Lipinski definition) is 3. The smallest absolute Gasteiger partial charge is 0.183 e. The van der Waals surface area contributed by atoms with Crippen LogP contribution in [0.1, 0.15) is 18.9 Å². The maximum absolute atomic E-state index is 7.26. The Morgan fingerprint density at radius 1 is 1.27 bits per heavy atom. The Kier molecular flexibility index (Phi) is 4.68. The zero-order chi connectivity index (χ0) is 11.1. The summed E-state index contributed by atoms with van der Waals surface area (Å²) in [4.78, 5) is 0. The van der Waals surface area contributed by atoms with E-state index < -0.39 is 0 Å². The number of methoxy groups -OCH3 is 1. The molecule has 1 N–H and O–H groups in total. The van der Waals surface area contributed by atoms with E-state index in [0.717, 1.165) is 12.2 Å². The lowest BCUT2D eigenvalue weighted by Gasteiger charge is -2.06. The minimum absolute atomic E-state index is 0.250. The van der Waals surface area contributed by atoms with Crippen molar-refractivity contribution in [3.8, 4) is 5.75 Å². The fourth-order valence-electron chi connectivity index (χ4n) is 1.19. The zero-order valence-corrected chi connectivity index (χ0v) is 9.25. The Hall–Kier alpha value is -1.51. The summed E-state index contributed by atoms with van der Waals surface area (Å²) in [7, 11) is 1.50. The second kappa shape index (κ2) is 6.06. The molecule has 3 nitrogen and oxygen atoms in total. The third-order valence-corrected chi connectivity index (χ3v) is 2.18. The maximum Gasteiger partial charge on any atom is 0.183 e. The predicted octanol–water partition coefficient (Wildman–Crippen LogP) is 2.64. The Morgan fingerprint density at radius 3 is 2.47 bits per heavy atom. The molecule has 82 valence electrons. The molecule has 3 heteroatoms. The van der Waals surface area contributed by atoms with Crippen molar-refractivity contribution in [3.63, 3.8) is 0 Å². The van der Waals surface area contributed by atoms with Gasteiger partial charge in [-0.25, -0.2) is 0 Å². The molecule has 0 aliphatic heterocycles. The van der Waals surface area contributed by atoms with Crippen molar-refractivity contribution >= 4 is 5.90 Å². The molecule has 0 atom stereocenters. The van der Waals surface area contributed by atoms with Crippen molar-refractivity contribution in [1.82, 2.24) is 0 Å². The van der Waals surface area contributed by atoms with Crippen LogP contribution in [0.15, 0.2) is 24.3 Å². The van der Waals surface area contributed by atoms with E-state index in [-0.39, 0.29) is 5.90 Å². The molecule has 0 radical (unpaired) electrons. The summed E-state index contributed by atoms with van der Waals surface area (Å²) < 4.78 is 10.2. The highest BCUT2D eigenvalue weighted by molar-refractivity contribution is 5.72. The summed E-state index contributed by atoms with van der Waals surface area (Å²) in [6.45, 7) is 2.61. The molecule has 1 aromatic carbocycles. The number of rotatable bonds is 5. The van der Waals surface area contributed by atoms with Crippen molar-refractivity contribution in [3.05, 3.63) is 29.8 Å². The van der Waals surface area contributed by atoms with Crippen LogP contribution in [0.3, 0.4) is 0 Å². The van der Waals surface area contributed by atoms with Crippen molar-refractivity contribution in [1.29, 1.82) is 5.41 Å². The van der Waals surface area contributed by atoms with Crippen LogP contribution in [0.5, 0.6) is 5.75 Å². The van der Waals surface area contributed by atoms with Crippen LogP contribution in [0, 0.1) is 5.41 Å². The van der Waals surface area contributed by atoms with Crippen molar-refractivity contribution in [2.24, 2.45) is 0 Å². The van der Waals surface area contributed by atoms with Crippen LogP contribution >= 0.6 is 0 Å². The average molecular weight is 207 g/mol. The summed E-state index contributed by atoms with van der Waals surface area (Å²) in [5.41, 5.74) is 1.30. The van der Waals surface area contributed by atoms with Crippen molar-refractivity contribution in [2.75, 3.05) is 13.7 Å². The van der Waals surface area contributed by atoms with Crippen LogP contribution in [0.4, 0.5) is 0 Å². The van der Waals surface area contributed by atoms with E-state index in [1.165, 1.54) is 12.7 Å². The molecule has 1 aromatic rings. The zero-order valence-electron chi connectivity index (χ0n) is 9.25. The van der Waals surface area contributed by atoms with Gasteiger partial charge in [-0.2, -0.15) is 0 Å². The van der Waals surface area contributed by atoms with Gasteiger partial charge in [0.1, 0.15) is 5.75 Å². The molecular formula is C12H17NO2. The first-order chi connectivity index (χ1) is 7.26. The van der Waals surface area contributed by atoms with Gasteiger partial charge in [-0.3, -0.25) is 5.41 Å². The molecule has 0 bridgehead atoms. The van der Waals surface area contributed by atoms with E-state index in [9.17, 15) is 0 Å². The molecule has 0 saturated heterocycles. The molecular weight excluding hydrogens is 190 g/mol. The van der Waals surface area contributed by atoms with Gasteiger partial charge in [0, 0.05) is 0 Å². The van der Waals surface area contributed by atoms with Crippen LogP contribution in [-0.2, 0) is 11.2 Å². The molecule has 0 amide bonds. The molecule has 0 fully saturated rings. The highest BCUT2D eigenvalue weighted by Crippen LogP contribution is 2.12. The Bertz CT molecular complexity index is 306. The fourth-order valence-corrected chi connectivity index (χ4v) is 1.19. The summed E-state index contributed by atoms with van der Waals surface area (Å²) in [6, 6.07) is 8.01. The van der Waals surface area contributed by atoms with Gasteiger partial charge >= 0.3 is 0 Å². The molecule has 1 rings (SSSR count). The molecule has 0 saturated carbocycles. The first kappa shape index (κ1) is 11.6. The van der Waals surface area contributed by atoms with Gasteiger partial charge in [0.15, 0.2) is 5.90 Å². The lowest BCUT2D eigenvalue weighted by atomic mass is 10.2. The van der Waals surface area contributed by atoms with E-state index in [4.69, 9.17) is 14.9 Å². The van der Waals surface area contributed by atoms with Gasteiger partial charge in [0.25, 0.3) is 0 Å². The lowest BCUT2D eigenvalue weighted by Crippen LogP contribution is -2.06. The monoisotopic (exact) mass is 207 g/mol. The highest BCUT2D eigenvalue weighted by atomic mass is 16.5. The molecule has 0 aromatic heterocycles. The van der Waals surface area contributed by atoms with Crippen LogP contribution < -0.4 is 4.74 Å². The quantitative estimate of drug-likeness (QED) is 0.595. The normalized spacial score (nSPS) is 9.73. The molecule has 0 unspecified atom stereocenters. The molecule has 0 aliphatic carbocycles. The van der Waals surface area contributed by atoms with Crippen LogP contribution in [0.2, 0.25) is 0 Å². The van der Waals surface area contributed by atoms with Crippen LogP contribution in [0.25, 0.3) is 0 Å². The predicted molar refractivity (Wildman–Crippen MR) is 60.7 cm³/mol. The standard InChI is InChI=1S/C12H17NO2/c1-3-10-4-6-11(7-5-10)15-9-8-12(13)14-2/h4-7,13H,3,8-9H2,1-2H3. The molecule has 0 heterocycles. The number of nitrogens with one attached hydrogen (secondary N) is 1. The van der Waals surface area contributed by atoms with Gasteiger partial charge < -0.3 is 9.47 Å². The number of ether oxygens (including phenoxy) is 2. The number of hydrogen-bond donors (Lipinski definition) is 1. The Balaban J connectivity index is 2.34. The van der Waals surface area contributed by atoms with Crippen molar-refractivity contribution in [2.45, 2.75) is 19.8 Å². The molecule has 15 heavy (non-hydrogen) atoms. The molecule has 0 aliphatic rings. The highest BCUT2D eigenvalue weighted by Gasteiger charge is 1.97. The Labute approximate surface area is 90.5 Å². The first-order valence-corrected chi connectivity index (χ1v) is 5.09. The topological polar surface area (TPSA) is 42.3 Å². The fraction of sp³-hybridized carbons (Fsp3) is 0.417. The minimum atomic E-state index is 0.250. The van der Waals surface area contributed by atoms with Gasteiger partial charge in [0.05, 0.1) is 20.1 Å². The lowest BCUT2D eigenvalue weighted by molar-refractivity contribution is 0.307. The summed E-state index contributed by atoms with van der Waals surface area (Å²) in [5, 5.41) is 7.26. The SMILES string of the molecule is CCc1ccc(OCCC(=N)OC)cc1. The first-order valence-electron chi connectivity index (χ1n) is 5.09. The van der Waals surface area contributed by atoms with E-state index in [1.807, 2.05) is 12.1 Å². The van der Waals surface area contributed by atoms with Crippen molar-refractivity contribution < 1.29 is 9.47 Å². The van der Waals surface area contributed by atoms with E-state index >= 15 is 0 Å². The van der Waals surface area contributed by atoms with Crippen LogP contribution in [-0.4, -0.2) is 19.6 Å². The second-order valence-electron chi connectivity index (χ2n) is 3.22. The third kappa shape index (κ3) is 4.02. The average Bonchev–Trinajstić information content (AvgIpc) is 2.29. The van der Waals surface area contributed by atoms with Gasteiger partial charge in [0.2, 0.25) is 0 Å². The van der Waals surface area contributed by atoms with E-state index in [2.05, 4.69) is 19.1 Å². The summed E-state index contributed by atoms with van der Waals surface area (Å²) in [5.74, 6) is 1.09. The third-order valence-electron chi connectivity index (χ3n) is 2.18. The second-order valence-corrected chi connectivity index (χ2v) is 3.22. The van der Waals surface area contributed by atoms with Gasteiger partial charge in [-0.15, -0.1) is 0 Å². The van der Waals surface area contributed by atoms with E-state index in [0.29, 0.717) is 13.0 Å². The van der Waals surface area contributed by atoms with Gasteiger partial charge in [-0.1, -0.05) is 19.1 Å². The summed E-state index contributed by atoms with van der Waals surface area (Å²) >= 11 is 0. The molecule has 0 spiro atoms. The summed E-state index contributed by atoms with van der Waals surface area (Å²) in [6.07, 6.45) is 1.54. The maximum atomic E-state index is 7.26. The largest absolute Gasteiger partial charge is 0.493 e. The van der Waals surface area contributed by atoms with Gasteiger partial charge in [-0.05, 0) is 24.1 Å². The Morgan fingerprint density at radius 2 is 1.93 bits per heavy atom. The van der Waals surface area contributed by atoms with E-state index in [1.54, 1.807) is 0 Å². The minimum Gasteiger partial charge on any atom is -0.493 e. The number of benzene rings is 1.